The molecular formula is C15H24N2O3S. The predicted octanol–water partition coefficient (Wildman–Crippen LogP) is 2.45. The average molecular weight is 312 g/mol. The van der Waals surface area contributed by atoms with Crippen LogP contribution in [0.2, 0.25) is 0 Å². The fourth-order valence-electron chi connectivity index (χ4n) is 2.91. The van der Waals surface area contributed by atoms with Crippen molar-refractivity contribution >= 4 is 10.0 Å². The van der Waals surface area contributed by atoms with Gasteiger partial charge in [0.15, 0.2) is 0 Å². The van der Waals surface area contributed by atoms with Crippen LogP contribution < -0.4 is 10.0 Å². The first-order valence-electron chi connectivity index (χ1n) is 7.89. The van der Waals surface area contributed by atoms with Gasteiger partial charge in [0.25, 0.3) is 0 Å². The quantitative estimate of drug-likeness (QED) is 0.846. The van der Waals surface area contributed by atoms with Crippen molar-refractivity contribution < 1.29 is 12.8 Å². The molecular weight excluding hydrogens is 288 g/mol. The number of aryl methyl sites for hydroxylation is 1. The van der Waals surface area contributed by atoms with Crippen molar-refractivity contribution in [3.05, 3.63) is 17.6 Å². The molecule has 2 N–H and O–H groups in total. The highest BCUT2D eigenvalue weighted by Crippen LogP contribution is 2.25. The van der Waals surface area contributed by atoms with Crippen LogP contribution in [0.1, 0.15) is 56.5 Å². The second-order valence-corrected chi connectivity index (χ2v) is 7.93. The molecule has 0 atom stereocenters. The Bertz CT molecular complexity index is 584. The summed E-state index contributed by atoms with van der Waals surface area (Å²) in [4.78, 5) is 0.292. The molecule has 1 aromatic rings. The van der Waals surface area contributed by atoms with E-state index in [0.717, 1.165) is 25.7 Å². The third-order valence-electron chi connectivity index (χ3n) is 4.28. The van der Waals surface area contributed by atoms with E-state index < -0.39 is 10.0 Å². The maximum Gasteiger partial charge on any atom is 0.244 e. The fourth-order valence-corrected chi connectivity index (χ4v) is 4.42. The van der Waals surface area contributed by atoms with Crippen LogP contribution in [-0.4, -0.2) is 20.5 Å². The largest absolute Gasteiger partial charge is 0.464 e. The number of hydrogen-bond acceptors (Lipinski definition) is 4. The van der Waals surface area contributed by atoms with E-state index in [1.165, 1.54) is 19.3 Å². The molecule has 3 rings (SSSR count). The van der Waals surface area contributed by atoms with E-state index in [4.69, 9.17) is 4.42 Å². The van der Waals surface area contributed by atoms with Gasteiger partial charge in [0, 0.05) is 18.2 Å². The van der Waals surface area contributed by atoms with Gasteiger partial charge in [0.2, 0.25) is 10.0 Å². The van der Waals surface area contributed by atoms with Gasteiger partial charge < -0.3 is 9.73 Å². The minimum Gasteiger partial charge on any atom is -0.464 e. The van der Waals surface area contributed by atoms with Crippen LogP contribution in [0.5, 0.6) is 0 Å². The number of furan rings is 1. The Hall–Kier alpha value is -0.850. The second kappa shape index (κ2) is 6.10. The van der Waals surface area contributed by atoms with Crippen LogP contribution in [-0.2, 0) is 16.6 Å². The summed E-state index contributed by atoms with van der Waals surface area (Å²) < 4.78 is 33.4. The van der Waals surface area contributed by atoms with Crippen LogP contribution in [0.15, 0.2) is 15.4 Å². The lowest BCUT2D eigenvalue weighted by Gasteiger charge is -2.22. The Morgan fingerprint density at radius 3 is 2.52 bits per heavy atom. The maximum atomic E-state index is 12.5. The molecule has 0 aromatic carbocycles. The van der Waals surface area contributed by atoms with Crippen LogP contribution >= 0.6 is 0 Å². The first-order valence-corrected chi connectivity index (χ1v) is 9.38. The van der Waals surface area contributed by atoms with Crippen molar-refractivity contribution in [1.82, 2.24) is 10.0 Å². The van der Waals surface area contributed by atoms with Crippen molar-refractivity contribution in [1.29, 1.82) is 0 Å². The Morgan fingerprint density at radius 2 is 1.86 bits per heavy atom. The van der Waals surface area contributed by atoms with Crippen LogP contribution in [0.4, 0.5) is 0 Å². The predicted molar refractivity (Wildman–Crippen MR) is 80.5 cm³/mol. The van der Waals surface area contributed by atoms with Crippen molar-refractivity contribution in [2.75, 3.05) is 0 Å². The number of sulfonamides is 1. The number of hydrogen-bond donors (Lipinski definition) is 2. The Labute approximate surface area is 126 Å². The molecule has 21 heavy (non-hydrogen) atoms. The average Bonchev–Trinajstić information content (AvgIpc) is 3.19. The summed E-state index contributed by atoms with van der Waals surface area (Å²) >= 11 is 0. The van der Waals surface area contributed by atoms with E-state index in [1.54, 1.807) is 13.0 Å². The topological polar surface area (TPSA) is 71.3 Å². The van der Waals surface area contributed by atoms with Gasteiger partial charge in [-0.1, -0.05) is 19.3 Å². The van der Waals surface area contributed by atoms with Crippen molar-refractivity contribution in [3.8, 4) is 0 Å². The third kappa shape index (κ3) is 3.87. The summed E-state index contributed by atoms with van der Waals surface area (Å²) in [6.07, 6.45) is 7.70. The molecule has 0 aliphatic heterocycles. The van der Waals surface area contributed by atoms with Gasteiger partial charge in [-0.15, -0.1) is 0 Å². The minimum absolute atomic E-state index is 0.0751. The maximum absolute atomic E-state index is 12.5. The van der Waals surface area contributed by atoms with Crippen molar-refractivity contribution in [2.45, 2.75) is 75.4 Å². The van der Waals surface area contributed by atoms with Gasteiger partial charge in [-0.3, -0.25) is 0 Å². The first-order chi connectivity index (χ1) is 10.0. The van der Waals surface area contributed by atoms with E-state index in [0.29, 0.717) is 29.0 Å². The molecule has 2 aliphatic rings. The molecule has 6 heteroatoms. The molecule has 1 aromatic heterocycles. The Morgan fingerprint density at radius 1 is 1.14 bits per heavy atom. The molecule has 1 heterocycles. The van der Waals surface area contributed by atoms with Crippen LogP contribution in [0.3, 0.4) is 0 Å². The molecule has 0 radical (unpaired) electrons. The Kier molecular flexibility index (Phi) is 4.38. The van der Waals surface area contributed by atoms with Crippen molar-refractivity contribution in [2.24, 2.45) is 0 Å². The summed E-state index contributed by atoms with van der Waals surface area (Å²) in [6, 6.07) is 2.32. The second-order valence-electron chi connectivity index (χ2n) is 6.24. The van der Waals surface area contributed by atoms with E-state index >= 15 is 0 Å². The standard InChI is InChI=1S/C15H24N2O3S/c1-11-15(9-14(20-11)10-16-12-7-8-12)21(18,19)17-13-5-3-2-4-6-13/h9,12-13,16-17H,2-8,10H2,1H3. The van der Waals surface area contributed by atoms with Crippen LogP contribution in [0, 0.1) is 6.92 Å². The highest BCUT2D eigenvalue weighted by Gasteiger charge is 2.26. The molecule has 2 saturated carbocycles. The minimum atomic E-state index is -3.46. The molecule has 2 fully saturated rings. The summed E-state index contributed by atoms with van der Waals surface area (Å²) in [5.74, 6) is 1.18. The summed E-state index contributed by atoms with van der Waals surface area (Å²) in [6.45, 7) is 2.32. The molecule has 0 bridgehead atoms. The monoisotopic (exact) mass is 312 g/mol. The normalized spacial score (nSPS) is 20.8. The van der Waals surface area contributed by atoms with E-state index in [-0.39, 0.29) is 6.04 Å². The van der Waals surface area contributed by atoms with Gasteiger partial charge >= 0.3 is 0 Å². The van der Waals surface area contributed by atoms with E-state index in [2.05, 4.69) is 10.0 Å². The van der Waals surface area contributed by atoms with Gasteiger partial charge in [0.1, 0.15) is 16.4 Å². The van der Waals surface area contributed by atoms with Gasteiger partial charge in [-0.2, -0.15) is 0 Å². The zero-order valence-electron chi connectivity index (χ0n) is 12.5. The lowest BCUT2D eigenvalue weighted by atomic mass is 9.96. The van der Waals surface area contributed by atoms with E-state index in [1.807, 2.05) is 0 Å². The molecule has 118 valence electrons. The lowest BCUT2D eigenvalue weighted by Crippen LogP contribution is -2.36. The highest BCUT2D eigenvalue weighted by atomic mass is 32.2. The molecule has 0 amide bonds. The van der Waals surface area contributed by atoms with Gasteiger partial charge in [-0.05, 0) is 32.6 Å². The van der Waals surface area contributed by atoms with Crippen molar-refractivity contribution in [3.63, 3.8) is 0 Å². The number of rotatable bonds is 6. The van der Waals surface area contributed by atoms with E-state index in [9.17, 15) is 8.42 Å². The third-order valence-corrected chi connectivity index (χ3v) is 5.91. The first kappa shape index (κ1) is 15.1. The smallest absolute Gasteiger partial charge is 0.244 e. The Balaban J connectivity index is 1.68. The summed E-state index contributed by atoms with van der Waals surface area (Å²) in [5.41, 5.74) is 0. The zero-order chi connectivity index (χ0) is 14.9. The summed E-state index contributed by atoms with van der Waals surface area (Å²) in [5, 5.41) is 3.34. The van der Waals surface area contributed by atoms with Gasteiger partial charge in [-0.25, -0.2) is 13.1 Å². The van der Waals surface area contributed by atoms with Gasteiger partial charge in [0.05, 0.1) is 6.54 Å². The molecule has 5 nitrogen and oxygen atoms in total. The SMILES string of the molecule is Cc1oc(CNC2CC2)cc1S(=O)(=O)NC1CCCCC1. The molecule has 0 saturated heterocycles. The summed E-state index contributed by atoms with van der Waals surface area (Å²) in [7, 11) is -3.46. The van der Waals surface area contributed by atoms with Crippen LogP contribution in [0.25, 0.3) is 0 Å². The molecule has 0 unspecified atom stereocenters. The number of nitrogens with one attached hydrogen (secondary N) is 2. The zero-order valence-corrected chi connectivity index (χ0v) is 13.3. The molecule has 2 aliphatic carbocycles. The molecule has 0 spiro atoms. The lowest BCUT2D eigenvalue weighted by molar-refractivity contribution is 0.411. The fraction of sp³-hybridized carbons (Fsp3) is 0.733. The highest BCUT2D eigenvalue weighted by molar-refractivity contribution is 7.89.